The van der Waals surface area contributed by atoms with Gasteiger partial charge in [-0.05, 0) is 23.0 Å². The van der Waals surface area contributed by atoms with Crippen LogP contribution in [0.5, 0.6) is 0 Å². The fourth-order valence-corrected chi connectivity index (χ4v) is 6.14. The summed E-state index contributed by atoms with van der Waals surface area (Å²) in [6.45, 7) is 8.68. The zero-order valence-electron chi connectivity index (χ0n) is 22.7. The molecule has 2 aromatic carbocycles. The highest BCUT2D eigenvalue weighted by Gasteiger charge is 2.11. The molecule has 6 nitrogen and oxygen atoms in total. The van der Waals surface area contributed by atoms with Crippen molar-refractivity contribution < 1.29 is 9.59 Å². The minimum absolute atomic E-state index is 0.0697. The first kappa shape index (κ1) is 29.0. The van der Waals surface area contributed by atoms with E-state index in [1.54, 1.807) is 11.8 Å². The predicted molar refractivity (Wildman–Crippen MR) is 167 cm³/mol. The molecule has 0 saturated carbocycles. The molecule has 0 unspecified atom stereocenters. The van der Waals surface area contributed by atoms with E-state index in [0.29, 0.717) is 46.4 Å². The van der Waals surface area contributed by atoms with E-state index in [2.05, 4.69) is 96.8 Å². The number of amides is 2. The number of benzene rings is 2. The number of carbonyl (C=O) groups is 2. The molecular weight excluding hydrogens is 545 g/mol. The first-order valence-electron chi connectivity index (χ1n) is 13.1. The zero-order valence-corrected chi connectivity index (χ0v) is 25.1. The number of carbonyl (C=O) groups excluding carboxylic acids is 2. The lowest BCUT2D eigenvalue weighted by Crippen LogP contribution is -2.13. The Morgan fingerprint density at radius 2 is 1.08 bits per heavy atom. The molecule has 2 N–H and O–H groups in total. The first-order valence-corrected chi connectivity index (χ1v) is 16.0. The lowest BCUT2D eigenvalue weighted by molar-refractivity contribution is -0.116. The second-order valence-corrected chi connectivity index (χ2v) is 12.8. The number of anilines is 2. The Morgan fingerprint density at radius 1 is 0.692 bits per heavy atom. The quantitative estimate of drug-likeness (QED) is 0.165. The molecular formula is C30H34N4O2S3. The molecule has 0 fully saturated rings. The number of rotatable bonds is 12. The standard InChI is InChI=1S/C30H34N4O2S3/c1-19(2)21-5-9-23(10-6-21)25-17-38-29(31-25)33-27(35)13-15-37-16-14-28(36)34-30-32-26(18-39-30)24-11-7-22(8-12-24)20(3)4/h5-12,17-20H,13-16H2,1-4H3,(H,31,33,35)(H,32,34,36). The van der Waals surface area contributed by atoms with Crippen molar-refractivity contribution in [1.29, 1.82) is 0 Å². The minimum atomic E-state index is -0.0697. The summed E-state index contributed by atoms with van der Waals surface area (Å²) in [6, 6.07) is 16.8. The maximum atomic E-state index is 12.3. The molecule has 0 aliphatic carbocycles. The van der Waals surface area contributed by atoms with Crippen LogP contribution < -0.4 is 10.6 Å². The summed E-state index contributed by atoms with van der Waals surface area (Å²) < 4.78 is 0. The van der Waals surface area contributed by atoms with Crippen LogP contribution in [0.2, 0.25) is 0 Å². The molecule has 9 heteroatoms. The summed E-state index contributed by atoms with van der Waals surface area (Å²) in [5, 5.41) is 10.9. The van der Waals surface area contributed by atoms with Gasteiger partial charge in [0.2, 0.25) is 11.8 Å². The van der Waals surface area contributed by atoms with Crippen LogP contribution in [0.15, 0.2) is 59.3 Å². The number of thiazole rings is 2. The van der Waals surface area contributed by atoms with E-state index in [-0.39, 0.29) is 11.8 Å². The Morgan fingerprint density at radius 3 is 1.44 bits per heavy atom. The fraction of sp³-hybridized carbons (Fsp3) is 0.333. The molecule has 2 heterocycles. The Kier molecular flexibility index (Phi) is 10.3. The van der Waals surface area contributed by atoms with Gasteiger partial charge in [0.05, 0.1) is 11.4 Å². The van der Waals surface area contributed by atoms with Crippen molar-refractivity contribution in [1.82, 2.24) is 9.97 Å². The Balaban J connectivity index is 1.13. The molecule has 0 radical (unpaired) electrons. The van der Waals surface area contributed by atoms with Gasteiger partial charge in [-0.3, -0.25) is 9.59 Å². The molecule has 2 amide bonds. The molecule has 39 heavy (non-hydrogen) atoms. The molecule has 0 aliphatic rings. The number of aromatic nitrogens is 2. The van der Waals surface area contributed by atoms with Crippen molar-refractivity contribution in [3.63, 3.8) is 0 Å². The molecule has 0 bridgehead atoms. The van der Waals surface area contributed by atoms with E-state index in [9.17, 15) is 9.59 Å². The summed E-state index contributed by atoms with van der Waals surface area (Å²) in [7, 11) is 0. The highest BCUT2D eigenvalue weighted by atomic mass is 32.2. The van der Waals surface area contributed by atoms with Gasteiger partial charge in [0.25, 0.3) is 0 Å². The second kappa shape index (κ2) is 13.9. The van der Waals surface area contributed by atoms with E-state index in [1.165, 1.54) is 33.8 Å². The van der Waals surface area contributed by atoms with Gasteiger partial charge in [-0.1, -0.05) is 76.2 Å². The minimum Gasteiger partial charge on any atom is -0.302 e. The molecule has 0 aliphatic heterocycles. The van der Waals surface area contributed by atoms with Crippen LogP contribution in [0.3, 0.4) is 0 Å². The van der Waals surface area contributed by atoms with Crippen molar-refractivity contribution in [2.45, 2.75) is 52.4 Å². The molecule has 4 rings (SSSR count). The Bertz CT molecular complexity index is 1270. The number of thioether (sulfide) groups is 1. The van der Waals surface area contributed by atoms with Gasteiger partial charge in [0.1, 0.15) is 0 Å². The van der Waals surface area contributed by atoms with Gasteiger partial charge in [0.15, 0.2) is 10.3 Å². The molecule has 4 aromatic rings. The maximum Gasteiger partial charge on any atom is 0.226 e. The van der Waals surface area contributed by atoms with Crippen LogP contribution in [0.25, 0.3) is 22.5 Å². The first-order chi connectivity index (χ1) is 18.8. The lowest BCUT2D eigenvalue weighted by Gasteiger charge is -2.05. The molecule has 2 aromatic heterocycles. The van der Waals surface area contributed by atoms with Crippen LogP contribution >= 0.6 is 34.4 Å². The largest absolute Gasteiger partial charge is 0.302 e. The predicted octanol–water partition coefficient (Wildman–Crippen LogP) is 8.27. The maximum absolute atomic E-state index is 12.3. The fourth-order valence-electron chi connectivity index (χ4n) is 3.80. The average Bonchev–Trinajstić information content (AvgIpc) is 3.58. The van der Waals surface area contributed by atoms with E-state index < -0.39 is 0 Å². The van der Waals surface area contributed by atoms with Crippen molar-refractivity contribution >= 4 is 56.5 Å². The summed E-state index contributed by atoms with van der Waals surface area (Å²) >= 11 is 4.44. The van der Waals surface area contributed by atoms with E-state index in [1.807, 2.05) is 10.8 Å². The third kappa shape index (κ3) is 8.49. The van der Waals surface area contributed by atoms with Gasteiger partial charge in [-0.15, -0.1) is 22.7 Å². The lowest BCUT2D eigenvalue weighted by atomic mass is 10.0. The second-order valence-electron chi connectivity index (χ2n) is 9.84. The van der Waals surface area contributed by atoms with E-state index in [0.717, 1.165) is 22.5 Å². The van der Waals surface area contributed by atoms with Crippen LogP contribution in [-0.4, -0.2) is 33.3 Å². The summed E-state index contributed by atoms with van der Waals surface area (Å²) in [5.74, 6) is 2.12. The highest BCUT2D eigenvalue weighted by molar-refractivity contribution is 7.99. The highest BCUT2D eigenvalue weighted by Crippen LogP contribution is 2.28. The Hall–Kier alpha value is -3.01. The summed E-state index contributed by atoms with van der Waals surface area (Å²) in [4.78, 5) is 33.8. The van der Waals surface area contributed by atoms with Crippen molar-refractivity contribution in [2.75, 3.05) is 22.1 Å². The molecule has 0 atom stereocenters. The van der Waals surface area contributed by atoms with Crippen molar-refractivity contribution in [3.05, 3.63) is 70.4 Å². The molecule has 0 saturated heterocycles. The van der Waals surface area contributed by atoms with Crippen LogP contribution in [0.4, 0.5) is 10.3 Å². The smallest absolute Gasteiger partial charge is 0.226 e. The average molecular weight is 579 g/mol. The zero-order chi connectivity index (χ0) is 27.8. The van der Waals surface area contributed by atoms with Crippen molar-refractivity contribution in [2.24, 2.45) is 0 Å². The van der Waals surface area contributed by atoms with Crippen LogP contribution in [0.1, 0.15) is 63.5 Å². The molecule has 0 spiro atoms. The topological polar surface area (TPSA) is 84.0 Å². The van der Waals surface area contributed by atoms with Crippen LogP contribution in [0, 0.1) is 0 Å². The monoisotopic (exact) mass is 578 g/mol. The SMILES string of the molecule is CC(C)c1ccc(-c2csc(NC(=O)CCSCCC(=O)Nc3nc(-c4ccc(C(C)C)cc4)cs3)n2)cc1. The summed E-state index contributed by atoms with van der Waals surface area (Å²) in [6.07, 6.45) is 0.742. The third-order valence-corrected chi connectivity index (χ3v) is 8.70. The third-order valence-electron chi connectivity index (χ3n) is 6.19. The number of nitrogens with one attached hydrogen (secondary N) is 2. The van der Waals surface area contributed by atoms with Crippen molar-refractivity contribution in [3.8, 4) is 22.5 Å². The number of nitrogens with zero attached hydrogens (tertiary/aromatic N) is 2. The van der Waals surface area contributed by atoms with Gasteiger partial charge in [-0.25, -0.2) is 9.97 Å². The van der Waals surface area contributed by atoms with Crippen LogP contribution in [-0.2, 0) is 9.59 Å². The number of hydrogen-bond donors (Lipinski definition) is 2. The van der Waals surface area contributed by atoms with Gasteiger partial charge < -0.3 is 10.6 Å². The normalized spacial score (nSPS) is 11.2. The van der Waals surface area contributed by atoms with E-state index in [4.69, 9.17) is 0 Å². The number of hydrogen-bond acceptors (Lipinski definition) is 7. The van der Waals surface area contributed by atoms with Gasteiger partial charge in [-0.2, -0.15) is 11.8 Å². The van der Waals surface area contributed by atoms with E-state index >= 15 is 0 Å². The molecule has 204 valence electrons. The van der Waals surface area contributed by atoms with Gasteiger partial charge >= 0.3 is 0 Å². The van der Waals surface area contributed by atoms with Gasteiger partial charge in [0, 0.05) is 46.2 Å². The summed E-state index contributed by atoms with van der Waals surface area (Å²) in [5.41, 5.74) is 6.39. The Labute approximate surface area is 242 Å².